The molecule has 0 spiro atoms. The van der Waals surface area contributed by atoms with Gasteiger partial charge in [0, 0.05) is 27.9 Å². The number of benzene rings is 2. The Bertz CT molecular complexity index is 854. The number of anilines is 1. The zero-order valence-corrected chi connectivity index (χ0v) is 14.3. The first kappa shape index (κ1) is 17.0. The van der Waals surface area contributed by atoms with Gasteiger partial charge >= 0.3 is 0 Å². The van der Waals surface area contributed by atoms with Crippen molar-refractivity contribution < 1.29 is 14.4 Å². The maximum absolute atomic E-state index is 12.7. The first-order valence-electron chi connectivity index (χ1n) is 8.39. The number of rotatable bonds is 5. The molecule has 0 fully saturated rings. The summed E-state index contributed by atoms with van der Waals surface area (Å²) in [5.41, 5.74) is 2.08. The Hall–Kier alpha value is -2.79. The van der Waals surface area contributed by atoms with E-state index >= 15 is 0 Å². The van der Waals surface area contributed by atoms with Crippen LogP contribution in [0.5, 0.6) is 0 Å². The Labute approximate surface area is 146 Å². The molecule has 128 valence electrons. The fourth-order valence-corrected chi connectivity index (χ4v) is 3.03. The van der Waals surface area contributed by atoms with Gasteiger partial charge in [-0.3, -0.25) is 19.3 Å². The molecule has 0 radical (unpaired) electrons. The Morgan fingerprint density at radius 3 is 2.04 bits per heavy atom. The highest BCUT2D eigenvalue weighted by Gasteiger charge is 2.29. The Balaban J connectivity index is 1.86. The molecule has 0 aliphatic heterocycles. The lowest BCUT2D eigenvalue weighted by Gasteiger charge is -2.19. The number of nitrogens with one attached hydrogen (secondary N) is 1. The quantitative estimate of drug-likeness (QED) is 0.778. The standard InChI is InChI=1S/C20H20N2O3/c1-3-22(4-2)12-18(23)21-13-9-10-16-17(11-13)20(25)15-8-6-5-7-14(15)19(16)24/h5-11H,3-4,12H2,1-2H3,(H,21,23). The first-order chi connectivity index (χ1) is 12.0. The molecule has 0 saturated heterocycles. The van der Waals surface area contributed by atoms with E-state index in [1.165, 1.54) is 0 Å². The van der Waals surface area contributed by atoms with Crippen LogP contribution in [0.15, 0.2) is 42.5 Å². The van der Waals surface area contributed by atoms with E-state index in [0.29, 0.717) is 34.5 Å². The van der Waals surface area contributed by atoms with Crippen molar-refractivity contribution in [1.82, 2.24) is 4.90 Å². The summed E-state index contributed by atoms with van der Waals surface area (Å²) < 4.78 is 0. The summed E-state index contributed by atoms with van der Waals surface area (Å²) in [5.74, 6) is -0.491. The molecule has 0 saturated carbocycles. The van der Waals surface area contributed by atoms with E-state index in [1.807, 2.05) is 18.7 Å². The highest BCUT2D eigenvalue weighted by atomic mass is 16.2. The molecule has 1 aliphatic rings. The smallest absolute Gasteiger partial charge is 0.238 e. The second-order valence-corrected chi connectivity index (χ2v) is 5.97. The van der Waals surface area contributed by atoms with Gasteiger partial charge in [0.25, 0.3) is 0 Å². The van der Waals surface area contributed by atoms with E-state index in [1.54, 1.807) is 42.5 Å². The van der Waals surface area contributed by atoms with Crippen molar-refractivity contribution in [2.24, 2.45) is 0 Å². The van der Waals surface area contributed by atoms with Crippen LogP contribution in [0.1, 0.15) is 45.7 Å². The normalized spacial score (nSPS) is 12.8. The van der Waals surface area contributed by atoms with Crippen molar-refractivity contribution in [1.29, 1.82) is 0 Å². The molecule has 2 aromatic carbocycles. The van der Waals surface area contributed by atoms with Gasteiger partial charge in [0.05, 0.1) is 6.54 Å². The van der Waals surface area contributed by atoms with Crippen LogP contribution >= 0.6 is 0 Å². The fraction of sp³-hybridized carbons (Fsp3) is 0.250. The minimum absolute atomic E-state index is 0.140. The molecule has 5 nitrogen and oxygen atoms in total. The number of hydrogen-bond acceptors (Lipinski definition) is 4. The average molecular weight is 336 g/mol. The molecule has 0 aromatic heterocycles. The summed E-state index contributed by atoms with van der Waals surface area (Å²) in [4.78, 5) is 39.4. The lowest BCUT2D eigenvalue weighted by Crippen LogP contribution is -2.33. The molecule has 1 N–H and O–H groups in total. The van der Waals surface area contributed by atoms with Gasteiger partial charge in [-0.05, 0) is 31.3 Å². The highest BCUT2D eigenvalue weighted by molar-refractivity contribution is 6.28. The van der Waals surface area contributed by atoms with E-state index < -0.39 is 0 Å². The molecular weight excluding hydrogens is 316 g/mol. The van der Waals surface area contributed by atoms with E-state index in [0.717, 1.165) is 13.1 Å². The van der Waals surface area contributed by atoms with Gasteiger partial charge in [0.2, 0.25) is 5.91 Å². The van der Waals surface area contributed by atoms with Crippen LogP contribution in [0.4, 0.5) is 5.69 Å². The van der Waals surface area contributed by atoms with E-state index in [9.17, 15) is 14.4 Å². The number of ketones is 2. The van der Waals surface area contributed by atoms with Gasteiger partial charge in [-0.2, -0.15) is 0 Å². The van der Waals surface area contributed by atoms with Gasteiger partial charge < -0.3 is 5.32 Å². The van der Waals surface area contributed by atoms with Gasteiger partial charge in [-0.1, -0.05) is 38.1 Å². The zero-order valence-electron chi connectivity index (χ0n) is 14.3. The number of carbonyl (C=O) groups is 3. The Morgan fingerprint density at radius 2 is 1.44 bits per heavy atom. The van der Waals surface area contributed by atoms with Gasteiger partial charge in [-0.25, -0.2) is 0 Å². The number of fused-ring (bicyclic) bond motifs is 2. The van der Waals surface area contributed by atoms with Gasteiger partial charge in [0.15, 0.2) is 11.6 Å². The minimum atomic E-state index is -0.190. The number of carbonyl (C=O) groups excluding carboxylic acids is 3. The van der Waals surface area contributed by atoms with E-state index in [2.05, 4.69) is 5.32 Å². The molecule has 3 rings (SSSR count). The average Bonchev–Trinajstić information content (AvgIpc) is 2.64. The summed E-state index contributed by atoms with van der Waals surface area (Å²) >= 11 is 0. The largest absolute Gasteiger partial charge is 0.325 e. The van der Waals surface area contributed by atoms with Crippen molar-refractivity contribution in [3.05, 3.63) is 64.7 Å². The van der Waals surface area contributed by atoms with Gasteiger partial charge in [0.1, 0.15) is 0 Å². The molecule has 1 aliphatic carbocycles. The third-order valence-electron chi connectivity index (χ3n) is 4.47. The van der Waals surface area contributed by atoms with Gasteiger partial charge in [-0.15, -0.1) is 0 Å². The lowest BCUT2D eigenvalue weighted by molar-refractivity contribution is -0.117. The van der Waals surface area contributed by atoms with Crippen molar-refractivity contribution in [3.63, 3.8) is 0 Å². The molecular formula is C20H20N2O3. The van der Waals surface area contributed by atoms with Crippen molar-refractivity contribution in [3.8, 4) is 0 Å². The van der Waals surface area contributed by atoms with Crippen molar-refractivity contribution in [2.75, 3.05) is 25.0 Å². The fourth-order valence-electron chi connectivity index (χ4n) is 3.03. The molecule has 2 aromatic rings. The highest BCUT2D eigenvalue weighted by Crippen LogP contribution is 2.29. The maximum atomic E-state index is 12.7. The number of amides is 1. The summed E-state index contributed by atoms with van der Waals surface area (Å²) in [6.07, 6.45) is 0. The number of nitrogens with zero attached hydrogens (tertiary/aromatic N) is 1. The summed E-state index contributed by atoms with van der Waals surface area (Å²) in [5, 5.41) is 2.81. The SMILES string of the molecule is CCN(CC)CC(=O)Nc1ccc2c(c1)C(=O)c1ccccc1C2=O. The third-order valence-corrected chi connectivity index (χ3v) is 4.47. The molecule has 0 atom stereocenters. The third kappa shape index (κ3) is 3.23. The van der Waals surface area contributed by atoms with Crippen LogP contribution in [-0.4, -0.2) is 42.0 Å². The zero-order chi connectivity index (χ0) is 18.0. The second-order valence-electron chi connectivity index (χ2n) is 5.97. The van der Waals surface area contributed by atoms with Crippen LogP contribution < -0.4 is 5.32 Å². The molecule has 1 amide bonds. The maximum Gasteiger partial charge on any atom is 0.238 e. The monoisotopic (exact) mass is 336 g/mol. The first-order valence-corrected chi connectivity index (χ1v) is 8.39. The summed E-state index contributed by atoms with van der Waals surface area (Å²) in [6, 6.07) is 11.7. The van der Waals surface area contributed by atoms with E-state index in [4.69, 9.17) is 0 Å². The number of hydrogen-bond donors (Lipinski definition) is 1. The summed E-state index contributed by atoms with van der Waals surface area (Å²) in [7, 11) is 0. The number of likely N-dealkylation sites (N-methyl/N-ethyl adjacent to an activating group) is 1. The van der Waals surface area contributed by atoms with E-state index in [-0.39, 0.29) is 17.5 Å². The molecule has 25 heavy (non-hydrogen) atoms. The molecule has 0 unspecified atom stereocenters. The molecule has 0 bridgehead atoms. The molecule has 0 heterocycles. The van der Waals surface area contributed by atoms with Crippen molar-refractivity contribution >= 4 is 23.2 Å². The van der Waals surface area contributed by atoms with Crippen LogP contribution in [0, 0.1) is 0 Å². The summed E-state index contributed by atoms with van der Waals surface area (Å²) in [6.45, 7) is 5.87. The second kappa shape index (κ2) is 6.99. The van der Waals surface area contributed by atoms with Crippen LogP contribution in [0.2, 0.25) is 0 Å². The minimum Gasteiger partial charge on any atom is -0.325 e. The van der Waals surface area contributed by atoms with Crippen LogP contribution in [0.25, 0.3) is 0 Å². The van der Waals surface area contributed by atoms with Crippen LogP contribution in [-0.2, 0) is 4.79 Å². The van der Waals surface area contributed by atoms with Crippen molar-refractivity contribution in [2.45, 2.75) is 13.8 Å². The predicted octanol–water partition coefficient (Wildman–Crippen LogP) is 2.74. The van der Waals surface area contributed by atoms with Crippen LogP contribution in [0.3, 0.4) is 0 Å². The Morgan fingerprint density at radius 1 is 0.880 bits per heavy atom. The Kier molecular flexibility index (Phi) is 4.76. The predicted molar refractivity (Wildman–Crippen MR) is 96.2 cm³/mol. The lowest BCUT2D eigenvalue weighted by atomic mass is 9.84. The topological polar surface area (TPSA) is 66.5 Å². The molecule has 5 heteroatoms.